The monoisotopic (exact) mass is 1500 g/mol. The lowest BCUT2D eigenvalue weighted by Crippen LogP contribution is -2.54. The van der Waals surface area contributed by atoms with Gasteiger partial charge in [0.2, 0.25) is 22.6 Å². The Labute approximate surface area is 583 Å². The molecule has 554 valence electrons. The molecule has 0 aromatic heterocycles. The molecule has 2 bridgehead atoms. The van der Waals surface area contributed by atoms with Crippen molar-refractivity contribution in [2.75, 3.05) is 26.2 Å². The second-order valence-corrected chi connectivity index (χ2v) is 24.8. The van der Waals surface area contributed by atoms with Crippen molar-refractivity contribution in [2.45, 2.75) is 66.6 Å². The van der Waals surface area contributed by atoms with Crippen LogP contribution in [0.3, 0.4) is 0 Å². The lowest BCUT2D eigenvalue weighted by molar-refractivity contribution is -0.297. The van der Waals surface area contributed by atoms with Gasteiger partial charge in [-0.15, -0.1) is 0 Å². The predicted molar refractivity (Wildman–Crippen MR) is 337 cm³/mol. The highest BCUT2D eigenvalue weighted by atomic mass is 19.4. The van der Waals surface area contributed by atoms with E-state index in [4.69, 9.17) is 4.74 Å². The van der Waals surface area contributed by atoms with E-state index in [9.17, 15) is 80.6 Å². The summed E-state index contributed by atoms with van der Waals surface area (Å²) in [6.07, 6.45) is -33.6. The van der Waals surface area contributed by atoms with Crippen molar-refractivity contribution in [2.24, 2.45) is 23.7 Å². The van der Waals surface area contributed by atoms with Gasteiger partial charge < -0.3 is 51.5 Å². The molecule has 0 spiro atoms. The van der Waals surface area contributed by atoms with Crippen molar-refractivity contribution in [3.05, 3.63) is 226 Å². The second kappa shape index (κ2) is 26.3. The van der Waals surface area contributed by atoms with Crippen molar-refractivity contribution >= 4 is 63.9 Å². The number of carbonyl (C=O) groups is 6. The van der Waals surface area contributed by atoms with E-state index in [1.807, 2.05) is 21.3 Å². The first-order valence-electron chi connectivity index (χ1n) is 30.6. The molecule has 4 atom stereocenters. The number of anilines is 5. The maximum absolute atomic E-state index is 15.6. The summed E-state index contributed by atoms with van der Waals surface area (Å²) in [5.74, 6) is -15.5. The molecule has 17 nitrogen and oxygen atoms in total. The molecule has 2 aliphatic carbocycles. The van der Waals surface area contributed by atoms with Crippen LogP contribution < -0.4 is 30.9 Å². The number of phenolic OH excluding ortho intramolecular Hbond substituents is 5. The van der Waals surface area contributed by atoms with Crippen molar-refractivity contribution in [1.82, 2.24) is 0 Å². The van der Waals surface area contributed by atoms with Gasteiger partial charge in [-0.05, 0) is 180 Å². The summed E-state index contributed by atoms with van der Waals surface area (Å²) < 4.78 is 275. The minimum Gasteiger partial charge on any atom is -0.506 e. The second-order valence-electron chi connectivity index (χ2n) is 24.8. The fourth-order valence-electron chi connectivity index (χ4n) is 13.1. The molecule has 2 fully saturated rings. The number of phenols is 5. The number of carbonyl (C=O) groups excluding carboxylic acids is 6. The van der Waals surface area contributed by atoms with Crippen LogP contribution in [0, 0.1) is 23.7 Å². The van der Waals surface area contributed by atoms with Gasteiger partial charge in [-0.25, -0.2) is 4.90 Å². The van der Waals surface area contributed by atoms with Gasteiger partial charge >= 0.3 is 37.1 Å². The number of rotatable bonds is 16. The predicted octanol–water partition coefficient (Wildman–Crippen LogP) is 16.5. The Bertz CT molecular complexity index is 4850. The first-order valence-corrected chi connectivity index (χ1v) is 30.6. The van der Waals surface area contributed by atoms with E-state index < -0.39 is 209 Å². The number of ether oxygens (including phenoxy) is 1. The van der Waals surface area contributed by atoms with Crippen LogP contribution >= 0.6 is 0 Å². The van der Waals surface area contributed by atoms with Gasteiger partial charge in [0, 0.05) is 22.3 Å². The summed E-state index contributed by atoms with van der Waals surface area (Å²) in [5.41, 5.74) is -29.9. The molecule has 4 unspecified atom stereocenters. The Balaban J connectivity index is 0.776. The van der Waals surface area contributed by atoms with Crippen LogP contribution in [0.5, 0.6) is 40.2 Å². The van der Waals surface area contributed by atoms with Crippen molar-refractivity contribution in [3.8, 4) is 40.2 Å². The third kappa shape index (κ3) is 12.8. The van der Waals surface area contributed by atoms with Crippen molar-refractivity contribution in [3.63, 3.8) is 0 Å². The first-order chi connectivity index (χ1) is 49.2. The molecule has 11 rings (SSSR count). The molecule has 8 aromatic carbocycles. The number of benzene rings is 8. The third-order valence-corrected chi connectivity index (χ3v) is 18.7. The minimum atomic E-state index is -6.42. The molecular weight excluding hydrogens is 1460 g/mol. The summed E-state index contributed by atoms with van der Waals surface area (Å²) in [4.78, 5) is 81.5. The highest BCUT2D eigenvalue weighted by Crippen LogP contribution is 2.61. The molecule has 35 heteroatoms. The number of hydrogen-bond acceptors (Lipinski definition) is 12. The molecule has 1 saturated carbocycles. The summed E-state index contributed by atoms with van der Waals surface area (Å²) in [6.45, 7) is -0.199. The van der Waals surface area contributed by atoms with E-state index >= 15 is 52.7 Å². The van der Waals surface area contributed by atoms with Gasteiger partial charge in [-0.1, -0.05) is 48.6 Å². The highest BCUT2D eigenvalue weighted by Gasteiger charge is 2.75. The average Bonchev–Trinajstić information content (AvgIpc) is 1.13. The summed E-state index contributed by atoms with van der Waals surface area (Å²) in [7, 11) is 0. The zero-order chi connectivity index (χ0) is 77.7. The molecule has 1 heterocycles. The topological polar surface area (TPSA) is 264 Å². The largest absolute Gasteiger partial charge is 0.506 e. The number of hydrogen-bond donors (Lipinski definition) is 9. The van der Waals surface area contributed by atoms with Crippen LogP contribution in [0.1, 0.15) is 82.6 Å². The van der Waals surface area contributed by atoms with E-state index in [0.29, 0.717) is 59.9 Å². The van der Waals surface area contributed by atoms with Crippen LogP contribution in [0.2, 0.25) is 0 Å². The SMILES string of the molecule is CC(c1ccc(O)c(NC(=O)c2cccc(C(=O)Nc3cc(C(c4ccc(O)c(NC(=O)c5ccc(Oc6ccc(C(=O)Nc7cc(C(c8ccc(O)c(N9C(=O)C%10C%11C=CC(C%11)C%10C9=O)c8)(C(F)(F)F)C(F)(F)F)ccc7O)cc6)cc5)c4)(C(F)(F)F)C(F)(F)F)ccc3O)c2)c1)(C(F)(F)F)C(F)(F)F. The molecule has 1 aliphatic heterocycles. The lowest BCUT2D eigenvalue weighted by Gasteiger charge is -2.39. The van der Waals surface area contributed by atoms with E-state index in [1.165, 1.54) is 0 Å². The summed E-state index contributed by atoms with van der Waals surface area (Å²) in [6, 6.07) is 16.1. The molecule has 9 N–H and O–H groups in total. The van der Waals surface area contributed by atoms with Crippen LogP contribution in [0.25, 0.3) is 0 Å². The molecule has 0 radical (unpaired) electrons. The van der Waals surface area contributed by atoms with Gasteiger partial charge in [0.05, 0.1) is 40.3 Å². The van der Waals surface area contributed by atoms with Gasteiger partial charge in [-0.2, -0.15) is 79.0 Å². The smallest absolute Gasteiger partial charge is 0.411 e. The van der Waals surface area contributed by atoms with Gasteiger partial charge in [0.25, 0.3) is 23.6 Å². The van der Waals surface area contributed by atoms with Gasteiger partial charge in [0.1, 0.15) is 40.2 Å². The lowest BCUT2D eigenvalue weighted by atomic mass is 9.72. The van der Waals surface area contributed by atoms with E-state index in [2.05, 4.69) is 0 Å². The first kappa shape index (κ1) is 75.2. The van der Waals surface area contributed by atoms with Crippen LogP contribution in [0.4, 0.5) is 107 Å². The third-order valence-electron chi connectivity index (χ3n) is 18.7. The molecular formula is C71H47F18N5O12. The Morgan fingerprint density at radius 1 is 0.368 bits per heavy atom. The Morgan fingerprint density at radius 2 is 0.660 bits per heavy atom. The van der Waals surface area contributed by atoms with Crippen LogP contribution in [-0.2, 0) is 25.8 Å². The maximum Gasteiger partial charge on any atom is 0.411 e. The molecule has 1 saturated heterocycles. The standard InChI is InChI=1S/C71H47F18N5O12/c1-63(66(72,73)74,67(75,76)77)38-11-20-50(95)45(27-38)92-59(102)36-3-2-4-37(26-36)60(103)93-48-29-40(13-22-53(48)98)64(68(78,79)80,69(81,82)83)39-12-21-51(96)46(28-39)90-57(100)32-7-16-43(17-8-32)106-44-18-9-33(10-19-44)58(101)91-47-30-41(14-23-52(47)97)65(70(84,85)86,71(87,88)89)42-15-24-54(99)49(31-42)94-61(104)55-34-5-6-35(25-34)56(55)62(94)105/h2-24,26-31,34-35,55-56,95-99H,25H2,1H3,(H,90,100)(H,91,101)(H,92,102)(H,93,103). The Morgan fingerprint density at radius 3 is 0.981 bits per heavy atom. The molecule has 106 heavy (non-hydrogen) atoms. The van der Waals surface area contributed by atoms with Crippen molar-refractivity contribution in [1.29, 1.82) is 0 Å². The number of halogens is 18. The highest BCUT2D eigenvalue weighted by molar-refractivity contribution is 6.23. The molecule has 3 aliphatic rings. The summed E-state index contributed by atoms with van der Waals surface area (Å²) in [5, 5.41) is 61.1. The van der Waals surface area contributed by atoms with E-state index in [0.717, 1.165) is 66.7 Å². The van der Waals surface area contributed by atoms with Crippen LogP contribution in [0.15, 0.2) is 176 Å². The average molecular weight is 1500 g/mol. The number of allylic oxidation sites excluding steroid dienone is 2. The minimum absolute atomic E-state index is 0.0695. The Kier molecular flexibility index (Phi) is 18.7. The number of nitrogens with zero attached hydrogens (tertiary/aromatic N) is 1. The van der Waals surface area contributed by atoms with Crippen molar-refractivity contribution < 1.29 is 138 Å². The van der Waals surface area contributed by atoms with E-state index in [-0.39, 0.29) is 78.1 Å². The normalized spacial score (nSPS) is 17.1. The number of nitrogens with one attached hydrogen (secondary N) is 4. The molecule has 6 amide bonds. The molecule has 8 aromatic rings. The number of alkyl halides is 18. The van der Waals surface area contributed by atoms with Crippen LogP contribution in [-0.4, -0.2) is 98.0 Å². The Hall–Kier alpha value is -11.9. The summed E-state index contributed by atoms with van der Waals surface area (Å²) >= 11 is 0. The van der Waals surface area contributed by atoms with Gasteiger partial charge in [0.15, 0.2) is 5.41 Å². The zero-order valence-corrected chi connectivity index (χ0v) is 53.1. The number of imide groups is 1. The number of amides is 6. The quantitative estimate of drug-likeness (QED) is 0.0189. The zero-order valence-electron chi connectivity index (χ0n) is 53.1. The fraction of sp³-hybridized carbons (Fsp3) is 0.211. The maximum atomic E-state index is 15.6. The van der Waals surface area contributed by atoms with E-state index in [1.54, 1.807) is 12.2 Å². The fourth-order valence-corrected chi connectivity index (χ4v) is 13.1. The number of fused-ring (bicyclic) bond motifs is 5. The van der Waals surface area contributed by atoms with Gasteiger partial charge in [-0.3, -0.25) is 28.8 Å². The number of aromatic hydroxyl groups is 5.